The predicted octanol–water partition coefficient (Wildman–Crippen LogP) is 3.65. The van der Waals surface area contributed by atoms with Crippen molar-refractivity contribution in [2.24, 2.45) is 5.41 Å². The first-order chi connectivity index (χ1) is 8.73. The van der Waals surface area contributed by atoms with E-state index < -0.39 is 10.3 Å². The molecule has 0 heterocycles. The topological polar surface area (TPSA) is 69.4 Å². The molecule has 0 bridgehead atoms. The zero-order chi connectivity index (χ0) is 14.4. The number of hydrogen-bond donors (Lipinski definition) is 0. The van der Waals surface area contributed by atoms with Crippen LogP contribution in [-0.4, -0.2) is 16.8 Å². The SMILES string of the molecule is CC1(C)C(=O)CC1Oc1c(Cl)cc([N+](=O)[O-])cc1Cl. The summed E-state index contributed by atoms with van der Waals surface area (Å²) in [4.78, 5) is 21.5. The molecule has 0 aromatic heterocycles. The molecule has 2 rings (SSSR count). The average Bonchev–Trinajstić information content (AvgIpc) is 2.31. The van der Waals surface area contributed by atoms with E-state index in [1.54, 1.807) is 13.8 Å². The van der Waals surface area contributed by atoms with Gasteiger partial charge in [0.15, 0.2) is 5.75 Å². The lowest BCUT2D eigenvalue weighted by molar-refractivity contribution is -0.384. The van der Waals surface area contributed by atoms with Crippen LogP contribution in [0.25, 0.3) is 0 Å². The largest absolute Gasteiger partial charge is 0.486 e. The van der Waals surface area contributed by atoms with Crippen LogP contribution in [0.15, 0.2) is 12.1 Å². The predicted molar refractivity (Wildman–Crippen MR) is 70.9 cm³/mol. The van der Waals surface area contributed by atoms with E-state index in [1.165, 1.54) is 12.1 Å². The lowest BCUT2D eigenvalue weighted by atomic mass is 9.68. The first kappa shape index (κ1) is 14.1. The number of halogens is 2. The molecule has 1 saturated carbocycles. The van der Waals surface area contributed by atoms with Gasteiger partial charge in [-0.15, -0.1) is 0 Å². The van der Waals surface area contributed by atoms with Gasteiger partial charge in [0.25, 0.3) is 5.69 Å². The molecule has 1 aliphatic carbocycles. The number of Topliss-reactive ketones (excluding diaryl/α,β-unsaturated/α-hetero) is 1. The normalized spacial score (nSPS) is 20.8. The second-order valence-electron chi connectivity index (χ2n) is 4.95. The standard InChI is InChI=1S/C12H11Cl2NO4/c1-12(2)9(16)5-10(12)19-11-7(13)3-6(15(17)18)4-8(11)14/h3-4,10H,5H2,1-2H3. The highest BCUT2D eigenvalue weighted by Gasteiger charge is 2.49. The lowest BCUT2D eigenvalue weighted by Gasteiger charge is -2.42. The molecule has 0 aliphatic heterocycles. The van der Waals surface area contributed by atoms with E-state index >= 15 is 0 Å². The summed E-state index contributed by atoms with van der Waals surface area (Å²) in [5.74, 6) is 0.283. The second-order valence-corrected chi connectivity index (χ2v) is 5.77. The van der Waals surface area contributed by atoms with E-state index in [1.807, 2.05) is 0 Å². The van der Waals surface area contributed by atoms with Gasteiger partial charge in [0.2, 0.25) is 0 Å². The van der Waals surface area contributed by atoms with Crippen molar-refractivity contribution in [3.8, 4) is 5.75 Å². The summed E-state index contributed by atoms with van der Waals surface area (Å²) in [5.41, 5.74) is -0.791. The van der Waals surface area contributed by atoms with E-state index in [9.17, 15) is 14.9 Å². The van der Waals surface area contributed by atoms with Crippen LogP contribution in [0.1, 0.15) is 20.3 Å². The monoisotopic (exact) mass is 303 g/mol. The molecule has 1 atom stereocenters. The number of nitro benzene ring substituents is 1. The molecule has 0 radical (unpaired) electrons. The van der Waals surface area contributed by atoms with E-state index in [0.717, 1.165) is 0 Å². The Balaban J connectivity index is 2.27. The maximum atomic E-state index is 11.4. The maximum absolute atomic E-state index is 11.4. The van der Waals surface area contributed by atoms with E-state index in [0.29, 0.717) is 0 Å². The molecule has 1 aromatic carbocycles. The van der Waals surface area contributed by atoms with Crippen LogP contribution in [-0.2, 0) is 4.79 Å². The Hall–Kier alpha value is -1.33. The molecule has 7 heteroatoms. The summed E-state index contributed by atoms with van der Waals surface area (Å²) in [6.45, 7) is 3.55. The van der Waals surface area contributed by atoms with Crippen LogP contribution < -0.4 is 4.74 Å². The zero-order valence-corrected chi connectivity index (χ0v) is 11.8. The van der Waals surface area contributed by atoms with Gasteiger partial charge in [0, 0.05) is 18.6 Å². The summed E-state index contributed by atoms with van der Waals surface area (Å²) < 4.78 is 5.62. The van der Waals surface area contributed by atoms with Gasteiger partial charge in [0.1, 0.15) is 11.9 Å². The van der Waals surface area contributed by atoms with Crippen molar-refractivity contribution in [2.75, 3.05) is 0 Å². The van der Waals surface area contributed by atoms with Crippen molar-refractivity contribution in [1.82, 2.24) is 0 Å². The molecule has 102 valence electrons. The minimum atomic E-state index is -0.589. The van der Waals surface area contributed by atoms with Crippen molar-refractivity contribution < 1.29 is 14.5 Å². The fourth-order valence-corrected chi connectivity index (χ4v) is 2.40. The van der Waals surface area contributed by atoms with Crippen LogP contribution in [0.3, 0.4) is 0 Å². The van der Waals surface area contributed by atoms with Crippen molar-refractivity contribution in [3.63, 3.8) is 0 Å². The van der Waals surface area contributed by atoms with Crippen LogP contribution >= 0.6 is 23.2 Å². The molecule has 1 fully saturated rings. The first-order valence-electron chi connectivity index (χ1n) is 5.57. The Morgan fingerprint density at radius 2 is 1.89 bits per heavy atom. The lowest BCUT2D eigenvalue weighted by Crippen LogP contribution is -2.53. The van der Waals surface area contributed by atoms with Gasteiger partial charge >= 0.3 is 0 Å². The molecular formula is C12H11Cl2NO4. The number of non-ortho nitro benzene ring substituents is 1. The highest BCUT2D eigenvalue weighted by Crippen LogP contribution is 2.44. The minimum absolute atomic E-state index is 0.0642. The average molecular weight is 304 g/mol. The molecule has 0 N–H and O–H groups in total. The molecule has 0 spiro atoms. The number of nitrogens with zero attached hydrogens (tertiary/aromatic N) is 1. The Morgan fingerprint density at radius 1 is 1.37 bits per heavy atom. The van der Waals surface area contributed by atoms with Crippen LogP contribution in [0.5, 0.6) is 5.75 Å². The number of benzene rings is 1. The third kappa shape index (κ3) is 2.40. The quantitative estimate of drug-likeness (QED) is 0.631. The highest BCUT2D eigenvalue weighted by atomic mass is 35.5. The number of carbonyl (C=O) groups excluding carboxylic acids is 1. The number of ketones is 1. The van der Waals surface area contributed by atoms with Crippen molar-refractivity contribution in [2.45, 2.75) is 26.4 Å². The summed E-state index contributed by atoms with van der Waals surface area (Å²) in [6, 6.07) is 2.35. The van der Waals surface area contributed by atoms with Crippen LogP contribution in [0, 0.1) is 15.5 Å². The number of hydrogen-bond acceptors (Lipinski definition) is 4. The summed E-state index contributed by atoms with van der Waals surface area (Å²) in [7, 11) is 0. The highest BCUT2D eigenvalue weighted by molar-refractivity contribution is 6.37. The third-order valence-corrected chi connectivity index (χ3v) is 3.91. The van der Waals surface area contributed by atoms with Crippen LogP contribution in [0.4, 0.5) is 5.69 Å². The molecule has 0 amide bonds. The van der Waals surface area contributed by atoms with Gasteiger partial charge < -0.3 is 4.74 Å². The smallest absolute Gasteiger partial charge is 0.272 e. The fourth-order valence-electron chi connectivity index (χ4n) is 1.83. The van der Waals surface area contributed by atoms with Crippen molar-refractivity contribution in [1.29, 1.82) is 0 Å². The molecule has 1 aromatic rings. The minimum Gasteiger partial charge on any atom is -0.486 e. The number of nitro groups is 1. The Kier molecular flexibility index (Phi) is 3.45. The molecule has 0 saturated heterocycles. The second kappa shape index (κ2) is 4.65. The van der Waals surface area contributed by atoms with Crippen molar-refractivity contribution >= 4 is 34.7 Å². The van der Waals surface area contributed by atoms with Gasteiger partial charge in [-0.2, -0.15) is 0 Å². The summed E-state index contributed by atoms with van der Waals surface area (Å²) >= 11 is 11.9. The number of carbonyl (C=O) groups is 1. The number of rotatable bonds is 3. The fraction of sp³-hybridized carbons (Fsp3) is 0.417. The van der Waals surface area contributed by atoms with E-state index in [-0.39, 0.29) is 39.8 Å². The molecular weight excluding hydrogens is 293 g/mol. The Bertz CT molecular complexity index is 548. The van der Waals surface area contributed by atoms with Gasteiger partial charge in [0.05, 0.1) is 20.4 Å². The van der Waals surface area contributed by atoms with E-state index in [4.69, 9.17) is 27.9 Å². The van der Waals surface area contributed by atoms with E-state index in [2.05, 4.69) is 0 Å². The molecule has 5 nitrogen and oxygen atoms in total. The zero-order valence-electron chi connectivity index (χ0n) is 10.3. The van der Waals surface area contributed by atoms with Crippen molar-refractivity contribution in [3.05, 3.63) is 32.3 Å². The first-order valence-corrected chi connectivity index (χ1v) is 6.32. The van der Waals surface area contributed by atoms with Gasteiger partial charge in [-0.25, -0.2) is 0 Å². The Labute approximate surface area is 119 Å². The molecule has 1 unspecified atom stereocenters. The molecule has 19 heavy (non-hydrogen) atoms. The summed E-state index contributed by atoms with van der Waals surface area (Å²) in [6.07, 6.45) is -0.0344. The van der Waals surface area contributed by atoms with Gasteiger partial charge in [-0.1, -0.05) is 23.2 Å². The maximum Gasteiger partial charge on any atom is 0.272 e. The number of ether oxygens (including phenoxy) is 1. The summed E-state index contributed by atoms with van der Waals surface area (Å²) in [5, 5.41) is 10.8. The van der Waals surface area contributed by atoms with Crippen LogP contribution in [0.2, 0.25) is 10.0 Å². The third-order valence-electron chi connectivity index (χ3n) is 3.35. The molecule has 1 aliphatic rings. The van der Waals surface area contributed by atoms with Gasteiger partial charge in [-0.3, -0.25) is 14.9 Å². The Morgan fingerprint density at radius 3 is 2.26 bits per heavy atom. The van der Waals surface area contributed by atoms with Gasteiger partial charge in [-0.05, 0) is 13.8 Å².